The molecule has 0 radical (unpaired) electrons. The quantitative estimate of drug-likeness (QED) is 0.363. The summed E-state index contributed by atoms with van der Waals surface area (Å²) < 4.78 is 0. The second kappa shape index (κ2) is 11.3. The molecule has 0 heterocycles. The Kier molecular flexibility index (Phi) is 8.84. The van der Waals surface area contributed by atoms with Crippen LogP contribution in [0.25, 0.3) is 0 Å². The Morgan fingerprint density at radius 2 is 1.62 bits per heavy atom. The summed E-state index contributed by atoms with van der Waals surface area (Å²) in [7, 11) is 0. The van der Waals surface area contributed by atoms with Crippen LogP contribution in [0.4, 0.5) is 11.4 Å². The van der Waals surface area contributed by atoms with Crippen molar-refractivity contribution in [3.8, 4) is 5.75 Å². The lowest BCUT2D eigenvalue weighted by atomic mass is 9.77. The van der Waals surface area contributed by atoms with Gasteiger partial charge in [0.1, 0.15) is 5.75 Å². The van der Waals surface area contributed by atoms with Gasteiger partial charge in [-0.1, -0.05) is 50.8 Å². The molecule has 5 heteroatoms. The van der Waals surface area contributed by atoms with E-state index < -0.39 is 5.97 Å². The molecule has 1 saturated carbocycles. The van der Waals surface area contributed by atoms with Gasteiger partial charge in [-0.15, -0.1) is 0 Å². The lowest BCUT2D eigenvalue weighted by molar-refractivity contribution is 0.0697. The molecule has 0 amide bonds. The highest BCUT2D eigenvalue weighted by Crippen LogP contribution is 2.40. The number of benzene rings is 2. The summed E-state index contributed by atoms with van der Waals surface area (Å²) in [5.74, 6) is 1.00. The van der Waals surface area contributed by atoms with Crippen LogP contribution in [0.2, 0.25) is 0 Å². The number of rotatable bonds is 6. The number of nitrogen functional groups attached to an aromatic ring is 2. The second-order valence-electron chi connectivity index (χ2n) is 7.97. The van der Waals surface area contributed by atoms with E-state index in [1.54, 1.807) is 0 Å². The van der Waals surface area contributed by atoms with E-state index in [2.05, 4.69) is 13.0 Å². The molecular weight excluding hydrogens is 364 g/mol. The number of anilines is 2. The van der Waals surface area contributed by atoms with E-state index in [-0.39, 0.29) is 5.56 Å². The van der Waals surface area contributed by atoms with Gasteiger partial charge < -0.3 is 21.7 Å². The van der Waals surface area contributed by atoms with Gasteiger partial charge in [-0.05, 0) is 67.3 Å². The molecule has 1 aliphatic rings. The fraction of sp³-hybridized carbons (Fsp3) is 0.458. The number of phenols is 1. The third-order valence-electron chi connectivity index (χ3n) is 5.66. The van der Waals surface area contributed by atoms with Gasteiger partial charge in [0.25, 0.3) is 0 Å². The molecule has 6 N–H and O–H groups in total. The van der Waals surface area contributed by atoms with Gasteiger partial charge in [0.05, 0.1) is 5.56 Å². The lowest BCUT2D eigenvalue weighted by Gasteiger charge is -2.29. The SMILES string of the molecule is CCCCCC1CCC(c2ccccc2O)CC1.Nc1cc(N)cc(C(=O)O)c1. The first-order chi connectivity index (χ1) is 13.9. The predicted molar refractivity (Wildman–Crippen MR) is 119 cm³/mol. The third kappa shape index (κ3) is 7.33. The predicted octanol–water partition coefficient (Wildman–Crippen LogP) is 5.80. The zero-order valence-corrected chi connectivity index (χ0v) is 17.3. The molecule has 29 heavy (non-hydrogen) atoms. The van der Waals surface area contributed by atoms with Crippen LogP contribution in [0.5, 0.6) is 5.75 Å². The van der Waals surface area contributed by atoms with Gasteiger partial charge >= 0.3 is 5.97 Å². The number of hydrogen-bond donors (Lipinski definition) is 4. The summed E-state index contributed by atoms with van der Waals surface area (Å²) in [5.41, 5.74) is 12.7. The molecule has 0 unspecified atom stereocenters. The highest BCUT2D eigenvalue weighted by molar-refractivity contribution is 5.90. The van der Waals surface area contributed by atoms with Crippen molar-refractivity contribution in [2.75, 3.05) is 11.5 Å². The van der Waals surface area contributed by atoms with Gasteiger partial charge in [-0.2, -0.15) is 0 Å². The van der Waals surface area contributed by atoms with Crippen molar-refractivity contribution in [2.24, 2.45) is 5.92 Å². The average molecular weight is 399 g/mol. The van der Waals surface area contributed by atoms with E-state index in [1.807, 2.05) is 18.2 Å². The molecule has 0 bridgehead atoms. The van der Waals surface area contributed by atoms with Crippen LogP contribution in [-0.2, 0) is 0 Å². The van der Waals surface area contributed by atoms with Gasteiger partial charge in [0.2, 0.25) is 0 Å². The normalized spacial score (nSPS) is 18.5. The first-order valence-corrected chi connectivity index (χ1v) is 10.6. The molecule has 0 atom stereocenters. The fourth-order valence-electron chi connectivity index (χ4n) is 4.08. The molecule has 1 aliphatic carbocycles. The highest BCUT2D eigenvalue weighted by atomic mass is 16.4. The molecule has 5 nitrogen and oxygen atoms in total. The number of aromatic hydroxyl groups is 1. The van der Waals surface area contributed by atoms with E-state index in [9.17, 15) is 9.90 Å². The van der Waals surface area contributed by atoms with Crippen LogP contribution in [0.3, 0.4) is 0 Å². The van der Waals surface area contributed by atoms with E-state index >= 15 is 0 Å². The molecule has 2 aromatic rings. The van der Waals surface area contributed by atoms with Crippen molar-refractivity contribution >= 4 is 17.3 Å². The van der Waals surface area contributed by atoms with Gasteiger partial charge in [-0.3, -0.25) is 0 Å². The van der Waals surface area contributed by atoms with Gasteiger partial charge in [0.15, 0.2) is 0 Å². The number of aromatic carboxylic acids is 1. The topological polar surface area (TPSA) is 110 Å². The highest BCUT2D eigenvalue weighted by Gasteiger charge is 2.23. The maximum Gasteiger partial charge on any atom is 0.335 e. The summed E-state index contributed by atoms with van der Waals surface area (Å²) in [6, 6.07) is 12.1. The minimum absolute atomic E-state index is 0.113. The monoisotopic (exact) mass is 398 g/mol. The smallest absolute Gasteiger partial charge is 0.335 e. The first kappa shape index (κ1) is 22.6. The van der Waals surface area contributed by atoms with Gasteiger partial charge in [-0.25, -0.2) is 4.79 Å². The molecule has 0 saturated heterocycles. The van der Waals surface area contributed by atoms with E-state index in [0.717, 1.165) is 5.92 Å². The number of carboxylic acid groups (broad SMARTS) is 1. The average Bonchev–Trinajstić information content (AvgIpc) is 2.69. The number of hydrogen-bond acceptors (Lipinski definition) is 4. The van der Waals surface area contributed by atoms with Crippen LogP contribution in [0.15, 0.2) is 42.5 Å². The van der Waals surface area contributed by atoms with Crippen LogP contribution >= 0.6 is 0 Å². The van der Waals surface area contributed by atoms with E-state index in [4.69, 9.17) is 16.6 Å². The van der Waals surface area contributed by atoms with E-state index in [0.29, 0.717) is 23.0 Å². The van der Waals surface area contributed by atoms with Gasteiger partial charge in [0, 0.05) is 11.4 Å². The largest absolute Gasteiger partial charge is 0.508 e. The Morgan fingerprint density at radius 1 is 1.00 bits per heavy atom. The minimum Gasteiger partial charge on any atom is -0.508 e. The molecule has 0 aromatic heterocycles. The molecule has 3 rings (SSSR count). The standard InChI is InChI=1S/C17H26O.C7H8N2O2/c1-2-3-4-7-14-10-12-15(13-11-14)16-8-5-6-9-17(16)18;8-5-1-4(7(10)11)2-6(9)3-5/h5-6,8-9,14-15,18H,2-4,7,10-13H2,1H3;1-3H,8-9H2,(H,10,11). The van der Waals surface area contributed by atoms with Crippen molar-refractivity contribution in [3.63, 3.8) is 0 Å². The number of carboxylic acids is 1. The molecular formula is C24H34N2O3. The van der Waals surface area contributed by atoms with Crippen molar-refractivity contribution < 1.29 is 15.0 Å². The van der Waals surface area contributed by atoms with Crippen molar-refractivity contribution in [1.82, 2.24) is 0 Å². The Hall–Kier alpha value is -2.69. The van der Waals surface area contributed by atoms with Crippen molar-refractivity contribution in [3.05, 3.63) is 53.6 Å². The number of para-hydroxylation sites is 1. The minimum atomic E-state index is -1.02. The molecule has 158 valence electrons. The van der Waals surface area contributed by atoms with E-state index in [1.165, 1.54) is 75.1 Å². The third-order valence-corrected chi connectivity index (χ3v) is 5.66. The van der Waals surface area contributed by atoms with Crippen LogP contribution in [-0.4, -0.2) is 16.2 Å². The zero-order valence-electron chi connectivity index (χ0n) is 17.3. The Labute approximate surface area is 173 Å². The lowest BCUT2D eigenvalue weighted by Crippen LogP contribution is -2.13. The van der Waals surface area contributed by atoms with Crippen molar-refractivity contribution in [1.29, 1.82) is 0 Å². The van der Waals surface area contributed by atoms with Crippen LogP contribution in [0.1, 0.15) is 80.1 Å². The maximum absolute atomic E-state index is 10.4. The second-order valence-corrected chi connectivity index (χ2v) is 7.97. The molecule has 0 aliphatic heterocycles. The molecule has 0 spiro atoms. The Morgan fingerprint density at radius 3 is 2.17 bits per heavy atom. The summed E-state index contributed by atoms with van der Waals surface area (Å²) in [6.07, 6.45) is 10.8. The summed E-state index contributed by atoms with van der Waals surface area (Å²) >= 11 is 0. The van der Waals surface area contributed by atoms with Crippen LogP contribution in [0, 0.1) is 5.92 Å². The Balaban J connectivity index is 0.000000234. The number of unbranched alkanes of at least 4 members (excludes halogenated alkanes) is 2. The number of phenolic OH excluding ortho intramolecular Hbond substituents is 1. The maximum atomic E-state index is 10.4. The summed E-state index contributed by atoms with van der Waals surface area (Å²) in [4.78, 5) is 10.4. The zero-order chi connectivity index (χ0) is 21.2. The Bertz CT molecular complexity index is 763. The number of carbonyl (C=O) groups is 1. The molecule has 2 aromatic carbocycles. The summed E-state index contributed by atoms with van der Waals surface area (Å²) in [5, 5.41) is 18.4. The number of nitrogens with two attached hydrogens (primary N) is 2. The van der Waals surface area contributed by atoms with Crippen molar-refractivity contribution in [2.45, 2.75) is 64.2 Å². The fourth-order valence-corrected chi connectivity index (χ4v) is 4.08. The molecule has 1 fully saturated rings. The first-order valence-electron chi connectivity index (χ1n) is 10.6. The van der Waals surface area contributed by atoms with Crippen LogP contribution < -0.4 is 11.5 Å². The summed E-state index contributed by atoms with van der Waals surface area (Å²) in [6.45, 7) is 2.27.